The van der Waals surface area contributed by atoms with Gasteiger partial charge < -0.3 is 15.5 Å². The molecule has 0 aromatic carbocycles. The third-order valence-electron chi connectivity index (χ3n) is 1.27. The molecule has 3 N–H and O–H groups in total. The molecule has 0 fully saturated rings. The highest BCUT2D eigenvalue weighted by atomic mass is 35.5. The predicted molar refractivity (Wildman–Crippen MR) is 48.4 cm³/mol. The van der Waals surface area contributed by atoms with E-state index >= 15 is 0 Å². The number of halogens is 1. The zero-order chi connectivity index (χ0) is 8.27. The lowest BCUT2D eigenvalue weighted by Crippen LogP contribution is -2.05. The number of nitrogen functional groups attached to an aromatic ring is 1. The average molecular weight is 191 g/mol. The standard InChI is InChI=1S/C7H10N2O2.ClH/c1-2-11-7(10)5-3-4-9-6(5)8;/h3-4,9H,2,8H2,1H3;1H. The number of hydrogen-bond acceptors (Lipinski definition) is 3. The number of hydrogen-bond donors (Lipinski definition) is 2. The Morgan fingerprint density at radius 2 is 2.42 bits per heavy atom. The molecule has 1 heterocycles. The lowest BCUT2D eigenvalue weighted by Gasteiger charge is -1.98. The van der Waals surface area contributed by atoms with Crippen molar-refractivity contribution >= 4 is 24.2 Å². The SMILES string of the molecule is CCOC(=O)c1cc[nH]c1N.Cl. The second-order valence-corrected chi connectivity index (χ2v) is 2.03. The Morgan fingerprint density at radius 3 is 2.83 bits per heavy atom. The number of nitrogens with two attached hydrogens (primary N) is 1. The van der Waals surface area contributed by atoms with Crippen LogP contribution >= 0.6 is 12.4 Å². The normalized spacial score (nSPS) is 8.75. The molecule has 0 saturated carbocycles. The van der Waals surface area contributed by atoms with E-state index < -0.39 is 0 Å². The van der Waals surface area contributed by atoms with Crippen molar-refractivity contribution in [3.05, 3.63) is 17.8 Å². The summed E-state index contributed by atoms with van der Waals surface area (Å²) in [6.45, 7) is 2.12. The lowest BCUT2D eigenvalue weighted by atomic mass is 10.3. The van der Waals surface area contributed by atoms with Crippen LogP contribution in [0, 0.1) is 0 Å². The highest BCUT2D eigenvalue weighted by Gasteiger charge is 2.09. The minimum atomic E-state index is -0.383. The van der Waals surface area contributed by atoms with Crippen LogP contribution in [0.1, 0.15) is 17.3 Å². The molecule has 5 heteroatoms. The van der Waals surface area contributed by atoms with E-state index in [0.717, 1.165) is 0 Å². The number of carbonyl (C=O) groups is 1. The molecule has 0 saturated heterocycles. The lowest BCUT2D eigenvalue weighted by molar-refractivity contribution is 0.0528. The van der Waals surface area contributed by atoms with Crippen LogP contribution in [-0.4, -0.2) is 17.6 Å². The second kappa shape index (κ2) is 4.66. The summed E-state index contributed by atoms with van der Waals surface area (Å²) in [5.41, 5.74) is 5.81. The summed E-state index contributed by atoms with van der Waals surface area (Å²) in [4.78, 5) is 13.7. The monoisotopic (exact) mass is 190 g/mol. The Bertz CT molecular complexity index is 260. The van der Waals surface area contributed by atoms with Gasteiger partial charge in [0.15, 0.2) is 0 Å². The van der Waals surface area contributed by atoms with Crippen LogP contribution in [0.15, 0.2) is 12.3 Å². The Balaban J connectivity index is 0.00000121. The van der Waals surface area contributed by atoms with Crippen molar-refractivity contribution in [2.24, 2.45) is 0 Å². The minimum absolute atomic E-state index is 0. The van der Waals surface area contributed by atoms with Crippen LogP contribution in [0.2, 0.25) is 0 Å². The number of nitrogens with one attached hydrogen (secondary N) is 1. The maximum atomic E-state index is 11.0. The second-order valence-electron chi connectivity index (χ2n) is 2.03. The van der Waals surface area contributed by atoms with Crippen LogP contribution in [0.3, 0.4) is 0 Å². The van der Waals surface area contributed by atoms with Crippen LogP contribution in [0.25, 0.3) is 0 Å². The van der Waals surface area contributed by atoms with Crippen molar-refractivity contribution in [3.8, 4) is 0 Å². The van der Waals surface area contributed by atoms with Gasteiger partial charge in [-0.2, -0.15) is 0 Å². The van der Waals surface area contributed by atoms with Gasteiger partial charge in [0, 0.05) is 6.20 Å². The number of esters is 1. The maximum absolute atomic E-state index is 11.0. The molecule has 4 nitrogen and oxygen atoms in total. The van der Waals surface area contributed by atoms with Gasteiger partial charge in [0.2, 0.25) is 0 Å². The zero-order valence-corrected chi connectivity index (χ0v) is 7.48. The molecule has 0 aliphatic carbocycles. The zero-order valence-electron chi connectivity index (χ0n) is 6.66. The van der Waals surface area contributed by atoms with E-state index in [1.807, 2.05) is 0 Å². The Kier molecular flexibility index (Phi) is 4.21. The molecule has 0 radical (unpaired) electrons. The Labute approximate surface area is 76.5 Å². The fourth-order valence-corrected chi connectivity index (χ4v) is 0.769. The molecule has 0 unspecified atom stereocenters. The van der Waals surface area contributed by atoms with Crippen molar-refractivity contribution < 1.29 is 9.53 Å². The number of carbonyl (C=O) groups excluding carboxylic acids is 1. The van der Waals surface area contributed by atoms with Crippen molar-refractivity contribution in [2.75, 3.05) is 12.3 Å². The van der Waals surface area contributed by atoms with Crippen LogP contribution in [0.5, 0.6) is 0 Å². The topological polar surface area (TPSA) is 68.1 Å². The number of rotatable bonds is 2. The van der Waals surface area contributed by atoms with Gasteiger partial charge in [0.05, 0.1) is 6.61 Å². The molecule has 1 rings (SSSR count). The third-order valence-corrected chi connectivity index (χ3v) is 1.27. The van der Waals surface area contributed by atoms with Gasteiger partial charge in [-0.1, -0.05) is 0 Å². The molecule has 68 valence electrons. The first-order chi connectivity index (χ1) is 5.25. The van der Waals surface area contributed by atoms with E-state index in [4.69, 9.17) is 10.5 Å². The first-order valence-electron chi connectivity index (χ1n) is 3.35. The predicted octanol–water partition coefficient (Wildman–Crippen LogP) is 1.20. The van der Waals surface area contributed by atoms with Gasteiger partial charge in [-0.3, -0.25) is 0 Å². The summed E-state index contributed by atoms with van der Waals surface area (Å²) in [6, 6.07) is 1.59. The van der Waals surface area contributed by atoms with Crippen LogP contribution in [0.4, 0.5) is 5.82 Å². The highest BCUT2D eigenvalue weighted by Crippen LogP contribution is 2.09. The molecular formula is C7H11ClN2O2. The number of ether oxygens (including phenoxy) is 1. The molecule has 0 spiro atoms. The molecule has 12 heavy (non-hydrogen) atoms. The molecule has 0 aliphatic heterocycles. The van der Waals surface area contributed by atoms with E-state index in [-0.39, 0.29) is 18.4 Å². The molecule has 1 aromatic rings. The molecule has 1 aromatic heterocycles. The fourth-order valence-electron chi connectivity index (χ4n) is 0.769. The highest BCUT2D eigenvalue weighted by molar-refractivity contribution is 5.94. The van der Waals surface area contributed by atoms with E-state index in [0.29, 0.717) is 18.0 Å². The van der Waals surface area contributed by atoms with Gasteiger partial charge in [-0.05, 0) is 13.0 Å². The van der Waals surface area contributed by atoms with Gasteiger partial charge in [-0.25, -0.2) is 4.79 Å². The van der Waals surface area contributed by atoms with Gasteiger partial charge in [0.1, 0.15) is 11.4 Å². The minimum Gasteiger partial charge on any atom is -0.462 e. The summed E-state index contributed by atoms with van der Waals surface area (Å²) >= 11 is 0. The van der Waals surface area contributed by atoms with Crippen molar-refractivity contribution in [2.45, 2.75) is 6.92 Å². The van der Waals surface area contributed by atoms with E-state index in [1.54, 1.807) is 19.2 Å². The third kappa shape index (κ3) is 2.17. The summed E-state index contributed by atoms with van der Waals surface area (Å²) < 4.78 is 4.73. The van der Waals surface area contributed by atoms with Crippen molar-refractivity contribution in [1.82, 2.24) is 4.98 Å². The average Bonchev–Trinajstić information content (AvgIpc) is 2.36. The van der Waals surface area contributed by atoms with Crippen LogP contribution in [-0.2, 0) is 4.74 Å². The molecule has 0 aliphatic rings. The molecule has 0 bridgehead atoms. The van der Waals surface area contributed by atoms with Crippen molar-refractivity contribution in [3.63, 3.8) is 0 Å². The first kappa shape index (κ1) is 10.8. The fraction of sp³-hybridized carbons (Fsp3) is 0.286. The number of H-pyrrole nitrogens is 1. The van der Waals surface area contributed by atoms with Crippen LogP contribution < -0.4 is 5.73 Å². The van der Waals surface area contributed by atoms with E-state index in [9.17, 15) is 4.79 Å². The summed E-state index contributed by atoms with van der Waals surface area (Å²) in [5.74, 6) is -0.0327. The van der Waals surface area contributed by atoms with Gasteiger partial charge in [-0.15, -0.1) is 12.4 Å². The van der Waals surface area contributed by atoms with E-state index in [1.165, 1.54) is 0 Å². The Morgan fingerprint density at radius 1 is 1.75 bits per heavy atom. The van der Waals surface area contributed by atoms with Gasteiger partial charge >= 0.3 is 5.97 Å². The molecular weight excluding hydrogens is 180 g/mol. The summed E-state index contributed by atoms with van der Waals surface area (Å²) in [7, 11) is 0. The Hall–Kier alpha value is -1.16. The molecule has 0 atom stereocenters. The van der Waals surface area contributed by atoms with Crippen molar-refractivity contribution in [1.29, 1.82) is 0 Å². The first-order valence-corrected chi connectivity index (χ1v) is 3.35. The maximum Gasteiger partial charge on any atom is 0.341 e. The number of anilines is 1. The molecule has 0 amide bonds. The quantitative estimate of drug-likeness (QED) is 0.689. The summed E-state index contributed by atoms with van der Waals surface area (Å²) in [6.07, 6.45) is 1.60. The number of aromatic nitrogens is 1. The summed E-state index contributed by atoms with van der Waals surface area (Å²) in [5, 5.41) is 0. The van der Waals surface area contributed by atoms with E-state index in [2.05, 4.69) is 4.98 Å². The largest absolute Gasteiger partial charge is 0.462 e. The van der Waals surface area contributed by atoms with Gasteiger partial charge in [0.25, 0.3) is 0 Å². The number of aromatic amines is 1. The smallest absolute Gasteiger partial charge is 0.341 e.